The van der Waals surface area contributed by atoms with Crippen molar-refractivity contribution >= 4 is 11.9 Å². The van der Waals surface area contributed by atoms with E-state index in [4.69, 9.17) is 5.11 Å². The van der Waals surface area contributed by atoms with Gasteiger partial charge in [-0.2, -0.15) is 0 Å². The Balaban J connectivity index is 1.89. The van der Waals surface area contributed by atoms with Gasteiger partial charge in [-0.3, -0.25) is 14.5 Å². The molecule has 0 bridgehead atoms. The Morgan fingerprint density at radius 2 is 2.00 bits per heavy atom. The van der Waals surface area contributed by atoms with Gasteiger partial charge in [-0.25, -0.2) is 0 Å². The number of carboxylic acid groups (broad SMARTS) is 1. The summed E-state index contributed by atoms with van der Waals surface area (Å²) in [5.74, 6) is -0.688. The number of nitrogens with zero attached hydrogens (tertiary/aromatic N) is 2. The van der Waals surface area contributed by atoms with Crippen molar-refractivity contribution in [2.75, 3.05) is 32.7 Å². The van der Waals surface area contributed by atoms with Crippen molar-refractivity contribution in [1.82, 2.24) is 9.80 Å². The number of carbonyl (C=O) groups is 2. The van der Waals surface area contributed by atoms with E-state index in [1.54, 1.807) is 0 Å². The highest BCUT2D eigenvalue weighted by atomic mass is 16.4. The van der Waals surface area contributed by atoms with Crippen molar-refractivity contribution in [3.63, 3.8) is 0 Å². The van der Waals surface area contributed by atoms with Crippen LogP contribution in [-0.4, -0.2) is 59.5 Å². The number of hydrogen-bond donors (Lipinski definition) is 1. The summed E-state index contributed by atoms with van der Waals surface area (Å²) in [4.78, 5) is 26.8. The van der Waals surface area contributed by atoms with E-state index in [2.05, 4.69) is 0 Å². The summed E-state index contributed by atoms with van der Waals surface area (Å²) in [6.07, 6.45) is 1.24. The molecular formula is C16H22N2O3. The molecule has 1 fully saturated rings. The molecule has 0 saturated carbocycles. The van der Waals surface area contributed by atoms with Crippen molar-refractivity contribution in [2.24, 2.45) is 0 Å². The van der Waals surface area contributed by atoms with Gasteiger partial charge < -0.3 is 10.0 Å². The van der Waals surface area contributed by atoms with Crippen LogP contribution in [0.4, 0.5) is 0 Å². The Morgan fingerprint density at radius 1 is 1.19 bits per heavy atom. The smallest absolute Gasteiger partial charge is 0.317 e. The summed E-state index contributed by atoms with van der Waals surface area (Å²) in [6.45, 7) is 4.76. The molecule has 1 aliphatic heterocycles. The third kappa shape index (κ3) is 4.86. The molecule has 2 rings (SSSR count). The van der Waals surface area contributed by atoms with E-state index in [1.165, 1.54) is 0 Å². The maximum absolute atomic E-state index is 12.4. The van der Waals surface area contributed by atoms with Crippen LogP contribution in [0.3, 0.4) is 0 Å². The first-order valence-corrected chi connectivity index (χ1v) is 7.32. The van der Waals surface area contributed by atoms with Crippen molar-refractivity contribution in [1.29, 1.82) is 0 Å². The van der Waals surface area contributed by atoms with Gasteiger partial charge in [-0.05, 0) is 18.9 Å². The second kappa shape index (κ2) is 7.22. The van der Waals surface area contributed by atoms with Gasteiger partial charge in [0.1, 0.15) is 0 Å². The molecule has 1 heterocycles. The monoisotopic (exact) mass is 290 g/mol. The number of rotatable bonds is 4. The first-order chi connectivity index (χ1) is 10.0. The summed E-state index contributed by atoms with van der Waals surface area (Å²) in [6, 6.07) is 7.99. The van der Waals surface area contributed by atoms with Crippen LogP contribution < -0.4 is 0 Å². The zero-order valence-corrected chi connectivity index (χ0v) is 12.4. The Morgan fingerprint density at radius 3 is 2.71 bits per heavy atom. The number of aliphatic carboxylic acids is 1. The van der Waals surface area contributed by atoms with Crippen molar-refractivity contribution in [3.8, 4) is 0 Å². The Bertz CT molecular complexity index is 516. The summed E-state index contributed by atoms with van der Waals surface area (Å²) >= 11 is 0. The lowest BCUT2D eigenvalue weighted by Gasteiger charge is -2.21. The van der Waals surface area contributed by atoms with Crippen LogP contribution in [0.2, 0.25) is 0 Å². The molecule has 0 aromatic heterocycles. The Kier molecular flexibility index (Phi) is 5.33. The van der Waals surface area contributed by atoms with Gasteiger partial charge in [0.05, 0.1) is 13.0 Å². The van der Waals surface area contributed by atoms with Crippen molar-refractivity contribution in [2.45, 2.75) is 19.8 Å². The molecular weight excluding hydrogens is 268 g/mol. The molecule has 1 aliphatic rings. The van der Waals surface area contributed by atoms with E-state index in [0.29, 0.717) is 26.1 Å². The summed E-state index contributed by atoms with van der Waals surface area (Å²) < 4.78 is 0. The fraction of sp³-hybridized carbons (Fsp3) is 0.500. The average Bonchev–Trinajstić information content (AvgIpc) is 2.63. The zero-order valence-electron chi connectivity index (χ0n) is 12.4. The number of amides is 1. The first-order valence-electron chi connectivity index (χ1n) is 7.32. The van der Waals surface area contributed by atoms with E-state index in [0.717, 1.165) is 24.1 Å². The summed E-state index contributed by atoms with van der Waals surface area (Å²) in [5, 5.41) is 8.83. The minimum absolute atomic E-state index is 0.0555. The van der Waals surface area contributed by atoms with Crippen molar-refractivity contribution in [3.05, 3.63) is 35.4 Å². The van der Waals surface area contributed by atoms with Gasteiger partial charge in [0.15, 0.2) is 0 Å². The molecule has 5 heteroatoms. The summed E-state index contributed by atoms with van der Waals surface area (Å²) in [7, 11) is 0. The fourth-order valence-corrected chi connectivity index (χ4v) is 2.68. The standard InChI is InChI=1S/C16H22N2O3/c1-13-4-2-5-14(10-13)11-15(19)18-7-3-6-17(8-9-18)12-16(20)21/h2,4-5,10H,3,6-9,11-12H2,1H3,(H,20,21). The summed E-state index contributed by atoms with van der Waals surface area (Å²) in [5.41, 5.74) is 2.19. The van der Waals surface area contributed by atoms with Crippen LogP contribution in [0.15, 0.2) is 24.3 Å². The lowest BCUT2D eigenvalue weighted by molar-refractivity contribution is -0.138. The normalized spacial score (nSPS) is 16.5. The largest absolute Gasteiger partial charge is 0.480 e. The minimum Gasteiger partial charge on any atom is -0.480 e. The molecule has 1 saturated heterocycles. The van der Waals surface area contributed by atoms with Crippen LogP contribution in [0.5, 0.6) is 0 Å². The number of aryl methyl sites for hydroxylation is 1. The molecule has 0 unspecified atom stereocenters. The van der Waals surface area contributed by atoms with Crippen LogP contribution in [-0.2, 0) is 16.0 Å². The Hall–Kier alpha value is -1.88. The molecule has 1 amide bonds. The van der Waals surface area contributed by atoms with E-state index in [-0.39, 0.29) is 12.5 Å². The lowest BCUT2D eigenvalue weighted by Crippen LogP contribution is -2.37. The van der Waals surface area contributed by atoms with Crippen LogP contribution in [0.1, 0.15) is 17.5 Å². The van der Waals surface area contributed by atoms with Gasteiger partial charge in [0.2, 0.25) is 5.91 Å². The maximum atomic E-state index is 12.4. The number of hydrogen-bond acceptors (Lipinski definition) is 3. The topological polar surface area (TPSA) is 60.9 Å². The van der Waals surface area contributed by atoms with E-state index in [9.17, 15) is 9.59 Å². The van der Waals surface area contributed by atoms with Gasteiger partial charge in [0, 0.05) is 26.2 Å². The van der Waals surface area contributed by atoms with Gasteiger partial charge in [0.25, 0.3) is 0 Å². The van der Waals surface area contributed by atoms with Gasteiger partial charge >= 0.3 is 5.97 Å². The van der Waals surface area contributed by atoms with Gasteiger partial charge in [-0.1, -0.05) is 29.8 Å². The molecule has 0 atom stereocenters. The van der Waals surface area contributed by atoms with Crippen LogP contribution in [0.25, 0.3) is 0 Å². The van der Waals surface area contributed by atoms with Gasteiger partial charge in [-0.15, -0.1) is 0 Å². The number of carbonyl (C=O) groups excluding carboxylic acids is 1. The predicted octanol–water partition coefficient (Wildman–Crippen LogP) is 1.16. The number of carboxylic acids is 1. The lowest BCUT2D eigenvalue weighted by atomic mass is 10.1. The predicted molar refractivity (Wildman–Crippen MR) is 80.2 cm³/mol. The fourth-order valence-electron chi connectivity index (χ4n) is 2.68. The van der Waals surface area contributed by atoms with Crippen LogP contribution in [0, 0.1) is 6.92 Å². The SMILES string of the molecule is Cc1cccc(CC(=O)N2CCCN(CC(=O)O)CC2)c1. The molecule has 0 aliphatic carbocycles. The molecule has 0 radical (unpaired) electrons. The third-order valence-electron chi connectivity index (χ3n) is 3.74. The molecule has 1 N–H and O–H groups in total. The highest BCUT2D eigenvalue weighted by molar-refractivity contribution is 5.78. The third-order valence-corrected chi connectivity index (χ3v) is 3.74. The maximum Gasteiger partial charge on any atom is 0.317 e. The molecule has 1 aromatic carbocycles. The van der Waals surface area contributed by atoms with E-state index < -0.39 is 5.97 Å². The Labute approximate surface area is 125 Å². The molecule has 0 spiro atoms. The molecule has 1 aromatic rings. The average molecular weight is 290 g/mol. The zero-order chi connectivity index (χ0) is 15.2. The van der Waals surface area contributed by atoms with Crippen LogP contribution >= 0.6 is 0 Å². The highest BCUT2D eigenvalue weighted by Gasteiger charge is 2.20. The molecule has 21 heavy (non-hydrogen) atoms. The molecule has 5 nitrogen and oxygen atoms in total. The quantitative estimate of drug-likeness (QED) is 0.904. The number of benzene rings is 1. The van der Waals surface area contributed by atoms with E-state index in [1.807, 2.05) is 41.0 Å². The highest BCUT2D eigenvalue weighted by Crippen LogP contribution is 2.09. The first kappa shape index (κ1) is 15.5. The van der Waals surface area contributed by atoms with E-state index >= 15 is 0 Å². The second-order valence-corrected chi connectivity index (χ2v) is 5.57. The minimum atomic E-state index is -0.811. The second-order valence-electron chi connectivity index (χ2n) is 5.57. The van der Waals surface area contributed by atoms with Crippen molar-refractivity contribution < 1.29 is 14.7 Å². The molecule has 114 valence electrons.